The van der Waals surface area contributed by atoms with Crippen LogP contribution in [0.15, 0.2) is 0 Å². The Bertz CT molecular complexity index is 201. The predicted octanol–water partition coefficient (Wildman–Crippen LogP) is 2.30. The molecule has 0 aromatic carbocycles. The van der Waals surface area contributed by atoms with E-state index in [2.05, 4.69) is 20.8 Å². The van der Waals surface area contributed by atoms with Crippen LogP contribution in [-0.2, 0) is 9.47 Å². The second kappa shape index (κ2) is 11.6. The minimum absolute atomic E-state index is 0.0892. The van der Waals surface area contributed by atoms with Gasteiger partial charge in [0, 0.05) is 18.0 Å². The molecule has 4 N–H and O–H groups in total. The summed E-state index contributed by atoms with van der Waals surface area (Å²) in [6.07, 6.45) is 4.45. The molecule has 0 fully saturated rings. The van der Waals surface area contributed by atoms with Crippen LogP contribution < -0.4 is 11.5 Å². The van der Waals surface area contributed by atoms with Gasteiger partial charge in [0.15, 0.2) is 0 Å². The fraction of sp³-hybridized carbons (Fsp3) is 1.00. The van der Waals surface area contributed by atoms with Gasteiger partial charge in [-0.2, -0.15) is 0 Å². The van der Waals surface area contributed by atoms with Gasteiger partial charge >= 0.3 is 0 Å². The maximum absolute atomic E-state index is 5.94. The van der Waals surface area contributed by atoms with Gasteiger partial charge in [-0.25, -0.2) is 0 Å². The monoisotopic (exact) mass is 274 g/mol. The van der Waals surface area contributed by atoms with E-state index in [0.717, 1.165) is 32.3 Å². The molecule has 0 radical (unpaired) electrons. The maximum Gasteiger partial charge on any atom is 0.0625 e. The van der Waals surface area contributed by atoms with Crippen LogP contribution >= 0.6 is 0 Å². The van der Waals surface area contributed by atoms with Gasteiger partial charge in [-0.05, 0) is 26.2 Å². The van der Waals surface area contributed by atoms with E-state index in [-0.39, 0.29) is 18.2 Å². The fourth-order valence-electron chi connectivity index (χ4n) is 1.99. The van der Waals surface area contributed by atoms with Crippen molar-refractivity contribution in [2.45, 2.75) is 71.6 Å². The van der Waals surface area contributed by atoms with E-state index in [0.29, 0.717) is 19.1 Å². The van der Waals surface area contributed by atoms with Gasteiger partial charge in [-0.3, -0.25) is 0 Å². The van der Waals surface area contributed by atoms with E-state index in [1.807, 2.05) is 6.92 Å². The Hall–Kier alpha value is -0.160. The molecule has 0 saturated heterocycles. The first-order valence-corrected chi connectivity index (χ1v) is 7.75. The molecule has 4 nitrogen and oxygen atoms in total. The van der Waals surface area contributed by atoms with Gasteiger partial charge in [0.05, 0.1) is 25.9 Å². The van der Waals surface area contributed by atoms with Crippen LogP contribution in [-0.4, -0.2) is 38.0 Å². The van der Waals surface area contributed by atoms with Crippen molar-refractivity contribution in [2.24, 2.45) is 17.4 Å². The van der Waals surface area contributed by atoms with Crippen molar-refractivity contribution >= 4 is 0 Å². The molecule has 0 saturated carbocycles. The molecular formula is C15H34N2O2. The zero-order chi connectivity index (χ0) is 14.7. The van der Waals surface area contributed by atoms with Gasteiger partial charge in [0.2, 0.25) is 0 Å². The Labute approximate surface area is 119 Å². The Morgan fingerprint density at radius 3 is 2.11 bits per heavy atom. The Morgan fingerprint density at radius 2 is 1.63 bits per heavy atom. The van der Waals surface area contributed by atoms with Crippen molar-refractivity contribution in [1.29, 1.82) is 0 Å². The third kappa shape index (κ3) is 9.38. The number of ether oxygens (including phenoxy) is 2. The van der Waals surface area contributed by atoms with E-state index >= 15 is 0 Å². The summed E-state index contributed by atoms with van der Waals surface area (Å²) < 4.78 is 11.7. The topological polar surface area (TPSA) is 70.5 Å². The summed E-state index contributed by atoms with van der Waals surface area (Å²) >= 11 is 0. The van der Waals surface area contributed by atoms with Crippen LogP contribution in [0.2, 0.25) is 0 Å². The molecule has 4 heteroatoms. The molecule has 0 spiro atoms. The van der Waals surface area contributed by atoms with Gasteiger partial charge in [0.1, 0.15) is 0 Å². The Kier molecular flexibility index (Phi) is 11.6. The van der Waals surface area contributed by atoms with E-state index < -0.39 is 0 Å². The molecule has 0 aliphatic carbocycles. The highest BCUT2D eigenvalue weighted by atomic mass is 16.5. The van der Waals surface area contributed by atoms with E-state index in [4.69, 9.17) is 20.9 Å². The van der Waals surface area contributed by atoms with Crippen molar-refractivity contribution in [3.63, 3.8) is 0 Å². The van der Waals surface area contributed by atoms with Crippen molar-refractivity contribution < 1.29 is 9.47 Å². The van der Waals surface area contributed by atoms with Crippen LogP contribution in [0.5, 0.6) is 0 Å². The molecule has 0 aliphatic heterocycles. The van der Waals surface area contributed by atoms with Crippen molar-refractivity contribution in [2.75, 3.05) is 19.8 Å². The van der Waals surface area contributed by atoms with Crippen LogP contribution in [0.1, 0.15) is 53.4 Å². The second-order valence-corrected chi connectivity index (χ2v) is 5.51. The molecular weight excluding hydrogens is 240 g/mol. The van der Waals surface area contributed by atoms with Gasteiger partial charge in [-0.1, -0.05) is 27.2 Å². The zero-order valence-corrected chi connectivity index (χ0v) is 13.2. The zero-order valence-electron chi connectivity index (χ0n) is 13.2. The molecule has 4 unspecified atom stereocenters. The van der Waals surface area contributed by atoms with Gasteiger partial charge in [0.25, 0.3) is 0 Å². The highest BCUT2D eigenvalue weighted by Gasteiger charge is 2.21. The first-order valence-electron chi connectivity index (χ1n) is 7.75. The molecule has 0 aromatic heterocycles. The fourth-order valence-corrected chi connectivity index (χ4v) is 1.99. The Balaban J connectivity index is 4.15. The molecule has 0 heterocycles. The van der Waals surface area contributed by atoms with Crippen molar-refractivity contribution in [3.05, 3.63) is 0 Å². The first kappa shape index (κ1) is 18.8. The number of hydrogen-bond donors (Lipinski definition) is 2. The minimum Gasteiger partial charge on any atom is -0.379 e. The van der Waals surface area contributed by atoms with E-state index in [1.165, 1.54) is 0 Å². The molecule has 116 valence electrons. The SMILES string of the molecule is CCCC(OCC(C)N)C(CC)COCC(N)CC. The van der Waals surface area contributed by atoms with Crippen LogP contribution in [0.3, 0.4) is 0 Å². The van der Waals surface area contributed by atoms with Crippen molar-refractivity contribution in [3.8, 4) is 0 Å². The number of hydrogen-bond acceptors (Lipinski definition) is 4. The van der Waals surface area contributed by atoms with E-state index in [1.54, 1.807) is 0 Å². The third-order valence-electron chi connectivity index (χ3n) is 3.38. The first-order chi connectivity index (χ1) is 9.04. The summed E-state index contributed by atoms with van der Waals surface area (Å²) in [6, 6.07) is 0.235. The summed E-state index contributed by atoms with van der Waals surface area (Å²) in [5.41, 5.74) is 11.6. The van der Waals surface area contributed by atoms with Gasteiger partial charge < -0.3 is 20.9 Å². The molecule has 0 aliphatic rings. The van der Waals surface area contributed by atoms with Crippen molar-refractivity contribution in [1.82, 2.24) is 0 Å². The largest absolute Gasteiger partial charge is 0.379 e. The Morgan fingerprint density at radius 1 is 0.947 bits per heavy atom. The molecule has 4 atom stereocenters. The lowest BCUT2D eigenvalue weighted by molar-refractivity contribution is -0.0333. The number of rotatable bonds is 12. The lowest BCUT2D eigenvalue weighted by Gasteiger charge is -2.27. The van der Waals surface area contributed by atoms with Crippen LogP contribution in [0.25, 0.3) is 0 Å². The molecule has 0 rings (SSSR count). The standard InChI is InChI=1S/C15H34N2O2/c1-5-8-15(19-9-12(4)16)13(6-2)10-18-11-14(17)7-3/h12-15H,5-11,16-17H2,1-4H3. The third-order valence-corrected chi connectivity index (χ3v) is 3.38. The van der Waals surface area contributed by atoms with E-state index in [9.17, 15) is 0 Å². The summed E-state index contributed by atoms with van der Waals surface area (Å²) in [7, 11) is 0. The summed E-state index contributed by atoms with van der Waals surface area (Å²) in [4.78, 5) is 0. The molecule has 0 aromatic rings. The minimum atomic E-state index is 0.0892. The second-order valence-electron chi connectivity index (χ2n) is 5.51. The smallest absolute Gasteiger partial charge is 0.0625 e. The summed E-state index contributed by atoms with van der Waals surface area (Å²) in [6.45, 7) is 10.4. The summed E-state index contributed by atoms with van der Waals surface area (Å²) in [5.74, 6) is 0.433. The van der Waals surface area contributed by atoms with Crippen LogP contribution in [0, 0.1) is 5.92 Å². The lowest BCUT2D eigenvalue weighted by Crippen LogP contribution is -2.34. The maximum atomic E-state index is 5.94. The normalized spacial score (nSPS) is 18.0. The molecule has 19 heavy (non-hydrogen) atoms. The highest BCUT2D eigenvalue weighted by Crippen LogP contribution is 2.18. The average Bonchev–Trinajstić information content (AvgIpc) is 2.39. The highest BCUT2D eigenvalue weighted by molar-refractivity contribution is 4.70. The van der Waals surface area contributed by atoms with Crippen LogP contribution in [0.4, 0.5) is 0 Å². The molecule has 0 bridgehead atoms. The number of nitrogens with two attached hydrogens (primary N) is 2. The average molecular weight is 274 g/mol. The molecule has 0 amide bonds. The quantitative estimate of drug-likeness (QED) is 0.573. The summed E-state index contributed by atoms with van der Waals surface area (Å²) in [5, 5.41) is 0. The predicted molar refractivity (Wildman–Crippen MR) is 81.2 cm³/mol. The lowest BCUT2D eigenvalue weighted by atomic mass is 9.96. The van der Waals surface area contributed by atoms with Gasteiger partial charge in [-0.15, -0.1) is 0 Å².